The van der Waals surface area contributed by atoms with E-state index in [1.165, 1.54) is 18.4 Å². The lowest BCUT2D eigenvalue weighted by atomic mass is 9.83. The van der Waals surface area contributed by atoms with E-state index in [0.717, 1.165) is 31.1 Å². The summed E-state index contributed by atoms with van der Waals surface area (Å²) in [7, 11) is 0. The number of pyridine rings is 1. The van der Waals surface area contributed by atoms with E-state index in [2.05, 4.69) is 57.0 Å². The maximum absolute atomic E-state index is 4.73. The molecule has 3 nitrogen and oxygen atoms in total. The molecule has 1 fully saturated rings. The number of hydrogen-bond acceptors (Lipinski definition) is 3. The molecule has 1 aromatic heterocycles. The molecule has 112 valence electrons. The molecule has 0 radical (unpaired) electrons. The average Bonchev–Trinajstić information content (AvgIpc) is 2.35. The second-order valence-electron chi connectivity index (χ2n) is 7.16. The molecule has 1 N–H and O–H groups in total. The fourth-order valence-electron chi connectivity index (χ4n) is 2.65. The van der Waals surface area contributed by atoms with Gasteiger partial charge in [0.2, 0.25) is 0 Å². The minimum atomic E-state index is 0.488. The smallest absolute Gasteiger partial charge is 0.129 e. The second-order valence-corrected chi connectivity index (χ2v) is 7.16. The van der Waals surface area contributed by atoms with E-state index in [9.17, 15) is 0 Å². The van der Waals surface area contributed by atoms with Gasteiger partial charge in [-0.15, -0.1) is 0 Å². The Morgan fingerprint density at radius 3 is 2.50 bits per heavy atom. The first-order chi connectivity index (χ1) is 9.35. The zero-order chi connectivity index (χ0) is 14.8. The highest BCUT2D eigenvalue weighted by Gasteiger charge is 2.26. The van der Waals surface area contributed by atoms with Gasteiger partial charge >= 0.3 is 0 Å². The van der Waals surface area contributed by atoms with Crippen LogP contribution in [-0.2, 0) is 6.54 Å². The van der Waals surface area contributed by atoms with Crippen LogP contribution in [0.1, 0.15) is 51.8 Å². The molecule has 2 heterocycles. The highest BCUT2D eigenvalue weighted by atomic mass is 15.2. The fourth-order valence-corrected chi connectivity index (χ4v) is 2.65. The Morgan fingerprint density at radius 1 is 1.25 bits per heavy atom. The first-order valence-electron chi connectivity index (χ1n) is 7.82. The van der Waals surface area contributed by atoms with E-state index < -0.39 is 0 Å². The molecule has 0 amide bonds. The highest BCUT2D eigenvalue weighted by molar-refractivity contribution is 5.43. The van der Waals surface area contributed by atoms with Crippen molar-refractivity contribution in [2.75, 3.05) is 18.0 Å². The molecule has 3 heteroatoms. The van der Waals surface area contributed by atoms with Gasteiger partial charge in [0.25, 0.3) is 0 Å². The van der Waals surface area contributed by atoms with Gasteiger partial charge in [-0.1, -0.05) is 27.7 Å². The van der Waals surface area contributed by atoms with E-state index in [1.54, 1.807) is 0 Å². The maximum atomic E-state index is 4.73. The molecule has 0 aliphatic carbocycles. The number of nitrogens with zero attached hydrogens (tertiary/aromatic N) is 2. The number of hydrogen-bond donors (Lipinski definition) is 1. The Balaban J connectivity index is 2.08. The number of aryl methyl sites for hydroxylation is 1. The van der Waals surface area contributed by atoms with Gasteiger partial charge in [-0.3, -0.25) is 0 Å². The average molecular weight is 275 g/mol. The fraction of sp³-hybridized carbons (Fsp3) is 0.706. The summed E-state index contributed by atoms with van der Waals surface area (Å²) in [5.74, 6) is 1.15. The van der Waals surface area contributed by atoms with Crippen molar-refractivity contribution in [3.05, 3.63) is 23.4 Å². The second kappa shape index (κ2) is 6.13. The molecule has 0 bridgehead atoms. The van der Waals surface area contributed by atoms with E-state index in [1.807, 2.05) is 0 Å². The summed E-state index contributed by atoms with van der Waals surface area (Å²) in [6.45, 7) is 14.4. The van der Waals surface area contributed by atoms with Gasteiger partial charge in [-0.2, -0.15) is 0 Å². The van der Waals surface area contributed by atoms with Gasteiger partial charge in [0.05, 0.1) is 0 Å². The summed E-state index contributed by atoms with van der Waals surface area (Å²) in [6.07, 6.45) is 2.50. The highest BCUT2D eigenvalue weighted by Crippen LogP contribution is 2.31. The topological polar surface area (TPSA) is 28.2 Å². The molecule has 1 saturated heterocycles. The zero-order valence-electron chi connectivity index (χ0n) is 13.7. The molecule has 2 rings (SSSR count). The first kappa shape index (κ1) is 15.3. The van der Waals surface area contributed by atoms with Gasteiger partial charge in [-0.05, 0) is 42.9 Å². The van der Waals surface area contributed by atoms with Crippen molar-refractivity contribution in [1.29, 1.82) is 0 Å². The summed E-state index contributed by atoms with van der Waals surface area (Å²) >= 11 is 0. The van der Waals surface area contributed by atoms with Crippen molar-refractivity contribution in [1.82, 2.24) is 10.3 Å². The van der Waals surface area contributed by atoms with Crippen molar-refractivity contribution in [3.63, 3.8) is 0 Å². The number of aromatic nitrogens is 1. The Bertz CT molecular complexity index is 442. The molecule has 1 aliphatic rings. The lowest BCUT2D eigenvalue weighted by molar-refractivity contribution is 0.279. The molecular weight excluding hydrogens is 246 g/mol. The van der Waals surface area contributed by atoms with Crippen molar-refractivity contribution in [2.24, 2.45) is 5.41 Å². The molecular formula is C17H29N3. The van der Waals surface area contributed by atoms with Crippen LogP contribution in [0.4, 0.5) is 5.82 Å². The molecule has 1 aromatic rings. The van der Waals surface area contributed by atoms with Crippen LogP contribution >= 0.6 is 0 Å². The Labute approximate surface area is 123 Å². The molecule has 0 aromatic carbocycles. The summed E-state index contributed by atoms with van der Waals surface area (Å²) < 4.78 is 0. The lowest BCUT2D eigenvalue weighted by Crippen LogP contribution is -2.37. The maximum Gasteiger partial charge on any atom is 0.129 e. The summed E-state index contributed by atoms with van der Waals surface area (Å²) in [5.41, 5.74) is 2.95. The lowest BCUT2D eigenvalue weighted by Gasteiger charge is -2.37. The van der Waals surface area contributed by atoms with Crippen LogP contribution in [0.2, 0.25) is 0 Å². The predicted molar refractivity (Wildman–Crippen MR) is 86.2 cm³/mol. The molecule has 0 saturated carbocycles. The van der Waals surface area contributed by atoms with Crippen LogP contribution in [0, 0.1) is 12.3 Å². The number of nitrogens with one attached hydrogen (secondary N) is 1. The third-order valence-electron chi connectivity index (χ3n) is 4.16. The minimum absolute atomic E-state index is 0.488. The quantitative estimate of drug-likeness (QED) is 0.911. The van der Waals surface area contributed by atoms with Crippen molar-refractivity contribution in [3.8, 4) is 0 Å². The molecule has 0 unspecified atom stereocenters. The van der Waals surface area contributed by atoms with Crippen molar-refractivity contribution < 1.29 is 0 Å². The van der Waals surface area contributed by atoms with Gasteiger partial charge in [-0.25, -0.2) is 4.98 Å². The number of anilines is 1. The van der Waals surface area contributed by atoms with Gasteiger partial charge < -0.3 is 10.2 Å². The van der Waals surface area contributed by atoms with Crippen LogP contribution in [0.5, 0.6) is 0 Å². The Kier molecular flexibility index (Phi) is 4.69. The SMILES string of the molecule is Cc1cc(CNC(C)C)cc(N2CCC(C)(C)CC2)n1. The van der Waals surface area contributed by atoms with Crippen molar-refractivity contribution in [2.45, 2.75) is 60.0 Å². The van der Waals surface area contributed by atoms with E-state index in [0.29, 0.717) is 11.5 Å². The molecule has 0 spiro atoms. The predicted octanol–water partition coefficient (Wildman–Crippen LogP) is 3.51. The minimum Gasteiger partial charge on any atom is -0.357 e. The van der Waals surface area contributed by atoms with Gasteiger partial charge in [0.1, 0.15) is 5.82 Å². The molecule has 1 aliphatic heterocycles. The van der Waals surface area contributed by atoms with Crippen LogP contribution in [-0.4, -0.2) is 24.1 Å². The van der Waals surface area contributed by atoms with E-state index in [-0.39, 0.29) is 0 Å². The number of rotatable bonds is 4. The third-order valence-corrected chi connectivity index (χ3v) is 4.16. The third kappa shape index (κ3) is 4.20. The number of piperidine rings is 1. The van der Waals surface area contributed by atoms with Crippen LogP contribution in [0.3, 0.4) is 0 Å². The monoisotopic (exact) mass is 275 g/mol. The van der Waals surface area contributed by atoms with Gasteiger partial charge in [0, 0.05) is 31.4 Å². The summed E-state index contributed by atoms with van der Waals surface area (Å²) in [4.78, 5) is 7.17. The van der Waals surface area contributed by atoms with Crippen LogP contribution in [0.15, 0.2) is 12.1 Å². The zero-order valence-corrected chi connectivity index (χ0v) is 13.7. The van der Waals surface area contributed by atoms with Crippen molar-refractivity contribution >= 4 is 5.82 Å². The largest absolute Gasteiger partial charge is 0.357 e. The first-order valence-corrected chi connectivity index (χ1v) is 7.82. The Hall–Kier alpha value is -1.09. The summed E-state index contributed by atoms with van der Waals surface area (Å²) in [6, 6.07) is 4.95. The summed E-state index contributed by atoms with van der Waals surface area (Å²) in [5, 5.41) is 3.49. The van der Waals surface area contributed by atoms with E-state index in [4.69, 9.17) is 4.98 Å². The van der Waals surface area contributed by atoms with Crippen LogP contribution in [0.25, 0.3) is 0 Å². The van der Waals surface area contributed by atoms with E-state index >= 15 is 0 Å². The normalized spacial score (nSPS) is 18.6. The standard InChI is InChI=1S/C17H29N3/c1-13(2)18-12-15-10-14(3)19-16(11-15)20-8-6-17(4,5)7-9-20/h10-11,13,18H,6-9,12H2,1-5H3. The molecule has 20 heavy (non-hydrogen) atoms. The molecule has 0 atom stereocenters. The Morgan fingerprint density at radius 2 is 1.90 bits per heavy atom. The van der Waals surface area contributed by atoms with Crippen LogP contribution < -0.4 is 10.2 Å². The van der Waals surface area contributed by atoms with Gasteiger partial charge in [0.15, 0.2) is 0 Å².